The van der Waals surface area contributed by atoms with Crippen LogP contribution in [0, 0.1) is 0 Å². The summed E-state index contributed by atoms with van der Waals surface area (Å²) in [4.78, 5) is 11.4. The monoisotopic (exact) mass is 510 g/mol. The number of halogens is 3. The lowest BCUT2D eigenvalue weighted by Gasteiger charge is -2.22. The molecule has 1 aromatic heterocycles. The molecule has 0 fully saturated rings. The lowest BCUT2D eigenvalue weighted by molar-refractivity contribution is -0.136. The average molecular weight is 512 g/mol. The van der Waals surface area contributed by atoms with Crippen LogP contribution in [0.1, 0.15) is 23.4 Å². The van der Waals surface area contributed by atoms with Gasteiger partial charge in [-0.1, -0.05) is 69.1 Å². The Bertz CT molecular complexity index is 1120. The average Bonchev–Trinajstić information content (AvgIpc) is 3.06. The highest BCUT2D eigenvalue weighted by molar-refractivity contribution is 9.10. The number of hydrogen-bond acceptors (Lipinski definition) is 5. The Balaban J connectivity index is 1.74. The van der Waals surface area contributed by atoms with Crippen molar-refractivity contribution in [1.82, 2.24) is 14.9 Å². The molecule has 0 saturated carbocycles. The molecule has 1 aliphatic rings. The number of thioether (sulfide) groups is 1. The lowest BCUT2D eigenvalue weighted by Crippen LogP contribution is -2.27. The van der Waals surface area contributed by atoms with E-state index in [2.05, 4.69) is 26.1 Å². The Morgan fingerprint density at radius 2 is 1.90 bits per heavy atom. The van der Waals surface area contributed by atoms with E-state index in [9.17, 15) is 9.90 Å². The third kappa shape index (κ3) is 4.50. The van der Waals surface area contributed by atoms with Gasteiger partial charge in [-0.25, -0.2) is 0 Å². The first-order valence-corrected chi connectivity index (χ1v) is 10.9. The van der Waals surface area contributed by atoms with E-state index in [-0.39, 0.29) is 6.42 Å². The van der Waals surface area contributed by atoms with Crippen LogP contribution in [-0.4, -0.2) is 36.9 Å². The number of hydrogen-bond donors (Lipinski definition) is 1. The minimum atomic E-state index is -0.918. The van der Waals surface area contributed by atoms with Crippen LogP contribution in [0.3, 0.4) is 0 Å². The number of aromatic nitrogens is 3. The zero-order valence-electron chi connectivity index (χ0n) is 14.7. The molecular weight excluding hydrogens is 499 g/mol. The van der Waals surface area contributed by atoms with E-state index < -0.39 is 11.2 Å². The second kappa shape index (κ2) is 8.47. The fraction of sp³-hybridized carbons (Fsp3) is 0.158. The Labute approximate surface area is 189 Å². The van der Waals surface area contributed by atoms with Gasteiger partial charge in [-0.05, 0) is 29.8 Å². The first kappa shape index (κ1) is 20.4. The molecule has 148 valence electrons. The third-order valence-corrected chi connectivity index (χ3v) is 6.70. The van der Waals surface area contributed by atoms with E-state index in [1.165, 1.54) is 11.8 Å². The predicted molar refractivity (Wildman–Crippen MR) is 117 cm³/mol. The molecule has 2 heterocycles. The van der Waals surface area contributed by atoms with Gasteiger partial charge in [0.05, 0.1) is 27.4 Å². The first-order valence-electron chi connectivity index (χ1n) is 8.52. The molecule has 0 aliphatic carbocycles. The van der Waals surface area contributed by atoms with Crippen LogP contribution in [0.25, 0.3) is 0 Å². The Morgan fingerprint density at radius 3 is 2.59 bits per heavy atom. The molecule has 0 bridgehead atoms. The van der Waals surface area contributed by atoms with E-state index in [1.807, 2.05) is 24.3 Å². The highest BCUT2D eigenvalue weighted by atomic mass is 79.9. The minimum absolute atomic E-state index is 0.0986. The zero-order valence-corrected chi connectivity index (χ0v) is 18.6. The number of carbonyl (C=O) groups is 1. The summed E-state index contributed by atoms with van der Waals surface area (Å²) < 4.78 is 2.67. The molecule has 4 rings (SSSR count). The van der Waals surface area contributed by atoms with Crippen molar-refractivity contribution >= 4 is 62.6 Å². The molecule has 10 heteroatoms. The standard InChI is InChI=1S/C19H13BrCl2N4O2S/c20-12-4-1-10(2-5-12)7-16-23-24-19-26(16)25-18(15(29-19)9-17(27)28)11-3-6-13(21)14(22)8-11/h1-6,8,15H,7,9H2,(H,27,28). The molecule has 1 N–H and O–H groups in total. The Morgan fingerprint density at radius 1 is 1.14 bits per heavy atom. The largest absolute Gasteiger partial charge is 0.481 e. The van der Waals surface area contributed by atoms with Gasteiger partial charge in [0.15, 0.2) is 5.82 Å². The first-order chi connectivity index (χ1) is 13.9. The molecule has 1 atom stereocenters. The maximum atomic E-state index is 11.4. The number of nitrogens with zero attached hydrogens (tertiary/aromatic N) is 4. The van der Waals surface area contributed by atoms with Gasteiger partial charge in [-0.2, -0.15) is 9.78 Å². The summed E-state index contributed by atoms with van der Waals surface area (Å²) in [7, 11) is 0. The van der Waals surface area contributed by atoms with Gasteiger partial charge < -0.3 is 5.11 Å². The van der Waals surface area contributed by atoms with Crippen LogP contribution in [0.5, 0.6) is 0 Å². The number of rotatable bonds is 5. The number of aliphatic carboxylic acids is 1. The van der Waals surface area contributed by atoms with Crippen molar-refractivity contribution in [2.24, 2.45) is 5.10 Å². The van der Waals surface area contributed by atoms with Crippen molar-refractivity contribution in [3.05, 3.63) is 73.9 Å². The van der Waals surface area contributed by atoms with Crippen molar-refractivity contribution in [1.29, 1.82) is 0 Å². The molecule has 0 amide bonds. The number of carboxylic acid groups (broad SMARTS) is 1. The van der Waals surface area contributed by atoms with Crippen molar-refractivity contribution in [3.8, 4) is 0 Å². The van der Waals surface area contributed by atoms with E-state index in [4.69, 9.17) is 28.3 Å². The maximum Gasteiger partial charge on any atom is 0.304 e. The quantitative estimate of drug-likeness (QED) is 0.513. The normalized spacial score (nSPS) is 15.7. The maximum absolute atomic E-state index is 11.4. The van der Waals surface area contributed by atoms with Crippen LogP contribution in [0.15, 0.2) is 57.2 Å². The Kier molecular flexibility index (Phi) is 5.96. The lowest BCUT2D eigenvalue weighted by atomic mass is 10.1. The van der Waals surface area contributed by atoms with Crippen molar-refractivity contribution < 1.29 is 9.90 Å². The van der Waals surface area contributed by atoms with Crippen molar-refractivity contribution in [3.63, 3.8) is 0 Å². The summed E-state index contributed by atoms with van der Waals surface area (Å²) >= 11 is 17.0. The molecule has 1 unspecified atom stereocenters. The molecule has 6 nitrogen and oxygen atoms in total. The van der Waals surface area contributed by atoms with Crippen LogP contribution in [0.2, 0.25) is 10.0 Å². The zero-order chi connectivity index (χ0) is 20.5. The van der Waals surface area contributed by atoms with E-state index in [0.717, 1.165) is 10.0 Å². The molecule has 0 radical (unpaired) electrons. The molecule has 29 heavy (non-hydrogen) atoms. The van der Waals surface area contributed by atoms with Gasteiger partial charge in [0.1, 0.15) is 0 Å². The van der Waals surface area contributed by atoms with Crippen LogP contribution < -0.4 is 0 Å². The highest BCUT2D eigenvalue weighted by Crippen LogP contribution is 2.34. The highest BCUT2D eigenvalue weighted by Gasteiger charge is 2.30. The van der Waals surface area contributed by atoms with Crippen LogP contribution in [-0.2, 0) is 11.2 Å². The van der Waals surface area contributed by atoms with Gasteiger partial charge in [0.25, 0.3) is 0 Å². The summed E-state index contributed by atoms with van der Waals surface area (Å²) in [6.45, 7) is 0. The van der Waals surface area contributed by atoms with Gasteiger partial charge >= 0.3 is 5.97 Å². The minimum Gasteiger partial charge on any atom is -0.481 e. The number of benzene rings is 2. The van der Waals surface area contributed by atoms with Gasteiger partial charge in [-0.15, -0.1) is 10.2 Å². The van der Waals surface area contributed by atoms with Gasteiger partial charge in [-0.3, -0.25) is 4.79 Å². The second-order valence-corrected chi connectivity index (χ2v) is 9.23. The Hall–Kier alpha value is -1.87. The summed E-state index contributed by atoms with van der Waals surface area (Å²) in [5.41, 5.74) is 2.37. The van der Waals surface area contributed by atoms with Gasteiger partial charge in [0.2, 0.25) is 5.16 Å². The SMILES string of the molecule is O=C(O)CC1Sc2nnc(Cc3ccc(Br)cc3)n2N=C1c1ccc(Cl)c(Cl)c1. The smallest absolute Gasteiger partial charge is 0.304 e. The summed E-state index contributed by atoms with van der Waals surface area (Å²) in [6, 6.07) is 13.1. The molecule has 0 saturated heterocycles. The molecule has 1 aliphatic heterocycles. The third-order valence-electron chi connectivity index (χ3n) is 4.29. The van der Waals surface area contributed by atoms with Crippen molar-refractivity contribution in [2.45, 2.75) is 23.2 Å². The molecule has 2 aromatic carbocycles. The fourth-order valence-corrected chi connectivity index (χ4v) is 4.59. The number of carboxylic acids is 1. The summed E-state index contributed by atoms with van der Waals surface area (Å²) in [5.74, 6) is -0.250. The number of fused-ring (bicyclic) bond motifs is 1. The van der Waals surface area contributed by atoms with Crippen LogP contribution in [0.4, 0.5) is 0 Å². The van der Waals surface area contributed by atoms with Crippen molar-refractivity contribution in [2.75, 3.05) is 0 Å². The van der Waals surface area contributed by atoms with E-state index in [0.29, 0.717) is 38.7 Å². The molecule has 3 aromatic rings. The molecule has 0 spiro atoms. The van der Waals surface area contributed by atoms with E-state index >= 15 is 0 Å². The summed E-state index contributed by atoms with van der Waals surface area (Å²) in [6.07, 6.45) is 0.446. The summed E-state index contributed by atoms with van der Waals surface area (Å²) in [5, 5.41) is 23.5. The van der Waals surface area contributed by atoms with Crippen LogP contribution >= 0.6 is 50.9 Å². The molecular formula is C19H13BrCl2N4O2S. The topological polar surface area (TPSA) is 80.4 Å². The fourth-order valence-electron chi connectivity index (χ4n) is 2.92. The van der Waals surface area contributed by atoms with E-state index in [1.54, 1.807) is 22.9 Å². The second-order valence-electron chi connectivity index (χ2n) is 6.33. The van der Waals surface area contributed by atoms with Gasteiger partial charge in [0, 0.05) is 16.5 Å². The predicted octanol–water partition coefficient (Wildman–Crippen LogP) is 5.14.